The minimum atomic E-state index is -1.13. The summed E-state index contributed by atoms with van der Waals surface area (Å²) in [7, 11) is 1.00. The van der Waals surface area contributed by atoms with Crippen LogP contribution in [0.25, 0.3) is 0 Å². The first-order chi connectivity index (χ1) is 19.8. The van der Waals surface area contributed by atoms with E-state index in [4.69, 9.17) is 19.3 Å². The number of fused-ring (bicyclic) bond motifs is 4. The second kappa shape index (κ2) is 10.4. The number of ether oxygens (including phenoxy) is 3. The molecule has 1 saturated heterocycles. The molecular formula is C34H58N2O6. The predicted octanol–water partition coefficient (Wildman–Crippen LogP) is 5.09. The highest BCUT2D eigenvalue weighted by Gasteiger charge is 2.81. The summed E-state index contributed by atoms with van der Waals surface area (Å²) in [5.41, 5.74) is 0.375. The van der Waals surface area contributed by atoms with Crippen LogP contribution in [-0.2, 0) is 19.0 Å². The summed E-state index contributed by atoms with van der Waals surface area (Å²) in [6.07, 6.45) is 12.0. The Balaban J connectivity index is 0.00000120. The number of esters is 1. The van der Waals surface area contributed by atoms with Crippen LogP contribution >= 0.6 is 0 Å². The van der Waals surface area contributed by atoms with E-state index in [9.17, 15) is 9.90 Å². The average molecular weight is 591 g/mol. The van der Waals surface area contributed by atoms with Crippen molar-refractivity contribution in [1.29, 1.82) is 0 Å². The van der Waals surface area contributed by atoms with E-state index in [0.29, 0.717) is 34.7 Å². The summed E-state index contributed by atoms with van der Waals surface area (Å²) in [6, 6.07) is 0. The molecule has 0 aromatic rings. The van der Waals surface area contributed by atoms with Crippen LogP contribution in [0.5, 0.6) is 0 Å². The van der Waals surface area contributed by atoms with Crippen LogP contribution < -0.4 is 5.32 Å². The lowest BCUT2D eigenvalue weighted by atomic mass is 9.46. The molecule has 8 nitrogen and oxygen atoms in total. The third kappa shape index (κ3) is 4.43. The van der Waals surface area contributed by atoms with E-state index in [0.717, 1.165) is 57.1 Å². The van der Waals surface area contributed by atoms with Crippen molar-refractivity contribution in [3.63, 3.8) is 0 Å². The van der Waals surface area contributed by atoms with Gasteiger partial charge < -0.3 is 24.4 Å². The number of carbonyl (C=O) groups excluding carboxylic acids is 1. The molecular weight excluding hydrogens is 532 g/mol. The van der Waals surface area contributed by atoms with E-state index in [2.05, 4.69) is 31.1 Å². The molecule has 7 rings (SSSR count). The SMILES string of the molecule is CC(=O)O[C@@H](C1CCC2C(CC3C4CCC5C(C)(C)[C@@H](OC6=NCNC6)CCC56C[C@@]46CCC23C)O1)C(C)(C)O.CO.[HH]. The van der Waals surface area contributed by atoms with Gasteiger partial charge in [0.2, 0.25) is 0 Å². The summed E-state index contributed by atoms with van der Waals surface area (Å²) < 4.78 is 19.0. The Morgan fingerprint density at radius 3 is 2.45 bits per heavy atom. The lowest BCUT2D eigenvalue weighted by Crippen LogP contribution is -2.55. The number of aliphatic imine (C=N–C) groups is 1. The molecule has 2 spiro atoms. The van der Waals surface area contributed by atoms with Gasteiger partial charge in [0.25, 0.3) is 0 Å². The van der Waals surface area contributed by atoms with Crippen LogP contribution in [-0.4, -0.2) is 72.4 Å². The van der Waals surface area contributed by atoms with Gasteiger partial charge in [-0.3, -0.25) is 10.1 Å². The quantitative estimate of drug-likeness (QED) is 0.391. The fourth-order valence-corrected chi connectivity index (χ4v) is 12.1. The highest BCUT2D eigenvalue weighted by Crippen LogP contribution is 2.87. The van der Waals surface area contributed by atoms with Crippen molar-refractivity contribution >= 4 is 11.9 Å². The third-order valence-electron chi connectivity index (χ3n) is 13.8. The van der Waals surface area contributed by atoms with E-state index in [1.54, 1.807) is 13.8 Å². The molecule has 0 amide bonds. The van der Waals surface area contributed by atoms with E-state index in [-0.39, 0.29) is 31.1 Å². The molecule has 0 aromatic carbocycles. The molecule has 2 heterocycles. The molecule has 6 fully saturated rings. The van der Waals surface area contributed by atoms with Gasteiger partial charge in [0.15, 0.2) is 12.0 Å². The Hall–Kier alpha value is -1.22. The number of hydrogen-bond acceptors (Lipinski definition) is 8. The standard InChI is InChI=1S/C33H52N2O5.CH4O.H2/c1-19(36)38-28(30(4,5)37)23-9-7-21-24(39-23)15-22-20-8-10-25-29(2,3)26(40-27-16-34-18-35-27)11-12-33(25)17-32(20,33)14-13-31(21,22)6;1-2;/h20-26,28,34,37H,7-18H2,1-6H3;2H,1H3;1H/t20?,21?,22?,23?,24?,25?,26-,28-,31?,32-,33?;;/m0../s1. The van der Waals surface area contributed by atoms with Crippen LogP contribution in [0, 0.1) is 45.3 Å². The molecule has 5 saturated carbocycles. The zero-order valence-electron chi connectivity index (χ0n) is 27.1. The predicted molar refractivity (Wildman–Crippen MR) is 163 cm³/mol. The van der Waals surface area contributed by atoms with E-state index < -0.39 is 11.7 Å². The zero-order valence-corrected chi connectivity index (χ0v) is 27.1. The van der Waals surface area contributed by atoms with Crippen LogP contribution in [0.4, 0.5) is 0 Å². The summed E-state index contributed by atoms with van der Waals surface area (Å²) in [6.45, 7) is 13.9. The van der Waals surface area contributed by atoms with Crippen molar-refractivity contribution in [3.05, 3.63) is 0 Å². The molecule has 7 aliphatic rings. The molecule has 8 unspecified atom stereocenters. The number of rotatable bonds is 4. The molecule has 8 heteroatoms. The minimum Gasteiger partial charge on any atom is -0.476 e. The normalized spacial score (nSPS) is 47.2. The monoisotopic (exact) mass is 590 g/mol. The number of nitrogens with one attached hydrogen (secondary N) is 1. The number of nitrogens with zero attached hydrogens (tertiary/aromatic N) is 1. The highest BCUT2D eigenvalue weighted by molar-refractivity contribution is 5.79. The van der Waals surface area contributed by atoms with Crippen molar-refractivity contribution in [2.75, 3.05) is 20.3 Å². The van der Waals surface area contributed by atoms with E-state index >= 15 is 0 Å². The topological polar surface area (TPSA) is 110 Å². The Kier molecular flexibility index (Phi) is 7.64. The van der Waals surface area contributed by atoms with Crippen molar-refractivity contribution in [2.45, 2.75) is 136 Å². The van der Waals surface area contributed by atoms with Crippen molar-refractivity contribution in [1.82, 2.24) is 5.32 Å². The average Bonchev–Trinajstić information content (AvgIpc) is 3.17. The zero-order chi connectivity index (χ0) is 30.3. The maximum atomic E-state index is 11.9. The van der Waals surface area contributed by atoms with Crippen molar-refractivity contribution in [2.24, 2.45) is 50.3 Å². The summed E-state index contributed by atoms with van der Waals surface area (Å²) in [5.74, 6) is 3.37. The molecule has 0 radical (unpaired) electrons. The third-order valence-corrected chi connectivity index (χ3v) is 13.8. The van der Waals surface area contributed by atoms with Crippen molar-refractivity contribution in [3.8, 4) is 0 Å². The Morgan fingerprint density at radius 1 is 1.05 bits per heavy atom. The summed E-state index contributed by atoms with van der Waals surface area (Å²) in [5, 5.41) is 21.1. The van der Waals surface area contributed by atoms with Gasteiger partial charge in [0.05, 0.1) is 31.0 Å². The second-order valence-corrected chi connectivity index (χ2v) is 16.3. The van der Waals surface area contributed by atoms with Crippen molar-refractivity contribution < 1.29 is 30.6 Å². The Bertz CT molecular complexity index is 1090. The molecule has 11 atom stereocenters. The first-order valence-electron chi connectivity index (χ1n) is 16.7. The van der Waals surface area contributed by atoms with Crippen LogP contribution in [0.1, 0.15) is 107 Å². The van der Waals surface area contributed by atoms with Crippen LogP contribution in [0.15, 0.2) is 4.99 Å². The van der Waals surface area contributed by atoms with Crippen LogP contribution in [0.2, 0.25) is 0 Å². The Labute approximate surface area is 254 Å². The lowest BCUT2D eigenvalue weighted by molar-refractivity contribution is -0.200. The second-order valence-electron chi connectivity index (χ2n) is 16.3. The largest absolute Gasteiger partial charge is 0.476 e. The molecule has 0 aromatic heterocycles. The van der Waals surface area contributed by atoms with Crippen LogP contribution in [0.3, 0.4) is 0 Å². The minimum absolute atomic E-state index is 0. The van der Waals surface area contributed by atoms with Gasteiger partial charge in [0.1, 0.15) is 6.10 Å². The first kappa shape index (κ1) is 30.8. The summed E-state index contributed by atoms with van der Waals surface area (Å²) >= 11 is 0. The molecule has 42 heavy (non-hydrogen) atoms. The molecule has 3 N–H and O–H groups in total. The van der Waals surface area contributed by atoms with Gasteiger partial charge in [-0.2, -0.15) is 0 Å². The fourth-order valence-electron chi connectivity index (χ4n) is 12.1. The van der Waals surface area contributed by atoms with Gasteiger partial charge in [-0.05, 0) is 118 Å². The van der Waals surface area contributed by atoms with Gasteiger partial charge in [-0.1, -0.05) is 20.8 Å². The fraction of sp³-hybridized carbons (Fsp3) is 0.941. The van der Waals surface area contributed by atoms with Gasteiger partial charge in [0, 0.05) is 20.9 Å². The maximum Gasteiger partial charge on any atom is 0.303 e. The summed E-state index contributed by atoms with van der Waals surface area (Å²) in [4.78, 5) is 16.4. The highest BCUT2D eigenvalue weighted by atomic mass is 16.6. The number of hydrogen-bond donors (Lipinski definition) is 3. The smallest absolute Gasteiger partial charge is 0.303 e. The molecule has 5 aliphatic carbocycles. The Morgan fingerprint density at radius 2 is 1.79 bits per heavy atom. The number of carbonyl (C=O) groups is 1. The molecule has 240 valence electrons. The molecule has 2 aliphatic heterocycles. The van der Waals surface area contributed by atoms with Gasteiger partial charge >= 0.3 is 5.97 Å². The lowest BCUT2D eigenvalue weighted by Gasteiger charge is -2.59. The number of aliphatic hydroxyl groups is 2. The van der Waals surface area contributed by atoms with E-state index in [1.807, 2.05) is 0 Å². The molecule has 0 bridgehead atoms. The van der Waals surface area contributed by atoms with Gasteiger partial charge in [-0.25, -0.2) is 4.99 Å². The maximum absolute atomic E-state index is 11.9. The van der Waals surface area contributed by atoms with E-state index in [1.165, 1.54) is 45.4 Å². The van der Waals surface area contributed by atoms with Gasteiger partial charge in [-0.15, -0.1) is 0 Å². The number of aliphatic hydroxyl groups excluding tert-OH is 1. The first-order valence-corrected chi connectivity index (χ1v) is 16.7.